The highest BCUT2D eigenvalue weighted by molar-refractivity contribution is 5.91. The molecule has 0 aliphatic carbocycles. The summed E-state index contributed by atoms with van der Waals surface area (Å²) in [5.74, 6) is 0.783. The first-order chi connectivity index (χ1) is 24.1. The van der Waals surface area contributed by atoms with Gasteiger partial charge < -0.3 is 25.0 Å². The van der Waals surface area contributed by atoms with Crippen LogP contribution in [0.25, 0.3) is 0 Å². The number of methoxy groups -OCH3 is 1. The first-order valence-corrected chi connectivity index (χ1v) is 18.7. The zero-order valence-electron chi connectivity index (χ0n) is 30.0. The van der Waals surface area contributed by atoms with Crippen LogP contribution in [0.1, 0.15) is 75.0 Å². The Balaban J connectivity index is 0.975. The highest BCUT2D eigenvalue weighted by Crippen LogP contribution is 2.43. The molecule has 0 unspecified atom stereocenters. The Morgan fingerprint density at radius 3 is 2.20 bits per heavy atom. The Bertz CT molecular complexity index is 1340. The van der Waals surface area contributed by atoms with Crippen molar-refractivity contribution in [1.82, 2.24) is 19.7 Å². The molecule has 1 amide bonds. The van der Waals surface area contributed by atoms with E-state index in [0.29, 0.717) is 6.04 Å². The normalized spacial score (nSPS) is 17.9. The molecule has 5 rings (SSSR count). The van der Waals surface area contributed by atoms with Gasteiger partial charge in [-0.1, -0.05) is 80.4 Å². The van der Waals surface area contributed by atoms with Gasteiger partial charge in [0.2, 0.25) is 5.91 Å². The number of hydrogen-bond donors (Lipinski definition) is 1. The van der Waals surface area contributed by atoms with E-state index in [-0.39, 0.29) is 11.8 Å². The molecular formula is C41H59N5O3. The summed E-state index contributed by atoms with van der Waals surface area (Å²) < 4.78 is 11.6. The van der Waals surface area contributed by atoms with Crippen LogP contribution < -0.4 is 10.5 Å². The molecule has 3 aromatic rings. The number of carbonyl (C=O) groups is 1. The Labute approximate surface area is 295 Å². The molecule has 2 N–H and O–H groups in total. The largest absolute Gasteiger partial charge is 0.496 e. The first kappa shape index (κ1) is 37.0. The lowest BCUT2D eigenvalue weighted by atomic mass is 9.64. The van der Waals surface area contributed by atoms with Crippen molar-refractivity contribution in [3.05, 3.63) is 95.8 Å². The second-order valence-corrected chi connectivity index (χ2v) is 13.9. The van der Waals surface area contributed by atoms with Gasteiger partial charge in [-0.15, -0.1) is 0 Å². The van der Waals surface area contributed by atoms with Crippen molar-refractivity contribution in [3.63, 3.8) is 0 Å². The summed E-state index contributed by atoms with van der Waals surface area (Å²) in [6, 6.07) is 22.9. The van der Waals surface area contributed by atoms with Gasteiger partial charge in [0.05, 0.1) is 13.7 Å². The lowest BCUT2D eigenvalue weighted by molar-refractivity contribution is -0.123. The zero-order chi connectivity index (χ0) is 34.3. The predicted molar refractivity (Wildman–Crippen MR) is 198 cm³/mol. The topological polar surface area (TPSA) is 84.2 Å². The van der Waals surface area contributed by atoms with Crippen molar-refractivity contribution in [3.8, 4) is 5.75 Å². The summed E-state index contributed by atoms with van der Waals surface area (Å²) in [5, 5.41) is 0. The number of benzene rings is 2. The number of primary amides is 1. The van der Waals surface area contributed by atoms with Crippen LogP contribution in [0.4, 0.5) is 0 Å². The van der Waals surface area contributed by atoms with Crippen molar-refractivity contribution in [2.24, 2.45) is 11.7 Å². The summed E-state index contributed by atoms with van der Waals surface area (Å²) in [5.41, 5.74) is 8.57. The van der Waals surface area contributed by atoms with E-state index < -0.39 is 5.41 Å². The van der Waals surface area contributed by atoms with E-state index in [9.17, 15) is 4.79 Å². The van der Waals surface area contributed by atoms with Gasteiger partial charge in [0.15, 0.2) is 0 Å². The van der Waals surface area contributed by atoms with Crippen LogP contribution in [0.5, 0.6) is 5.75 Å². The van der Waals surface area contributed by atoms with Crippen molar-refractivity contribution < 1.29 is 14.3 Å². The number of carbonyl (C=O) groups excluding carboxylic acids is 1. The van der Waals surface area contributed by atoms with Gasteiger partial charge >= 0.3 is 0 Å². The number of unbranched alkanes of at least 4 members (excludes halogenated alkanes) is 3. The quantitative estimate of drug-likeness (QED) is 0.145. The third kappa shape index (κ3) is 9.69. The molecular weight excluding hydrogens is 610 g/mol. The Kier molecular flexibility index (Phi) is 14.5. The van der Waals surface area contributed by atoms with Crippen molar-refractivity contribution in [2.45, 2.75) is 76.3 Å². The number of ether oxygens (including phenoxy) is 2. The Hall–Kier alpha value is -3.30. The van der Waals surface area contributed by atoms with Gasteiger partial charge in [-0.2, -0.15) is 0 Å². The van der Waals surface area contributed by atoms with Crippen molar-refractivity contribution in [2.75, 3.05) is 66.1 Å². The molecule has 0 bridgehead atoms. The second-order valence-electron chi connectivity index (χ2n) is 13.9. The van der Waals surface area contributed by atoms with Gasteiger partial charge in [-0.05, 0) is 94.4 Å². The van der Waals surface area contributed by atoms with Crippen LogP contribution in [-0.2, 0) is 21.5 Å². The van der Waals surface area contributed by atoms with Gasteiger partial charge in [0, 0.05) is 50.2 Å². The first-order valence-electron chi connectivity index (χ1n) is 18.7. The number of nitrogens with zero attached hydrogens (tertiary/aromatic N) is 4. The van der Waals surface area contributed by atoms with Crippen molar-refractivity contribution in [1.29, 1.82) is 0 Å². The van der Waals surface area contributed by atoms with E-state index in [1.807, 2.05) is 48.7 Å². The third-order valence-electron chi connectivity index (χ3n) is 10.8. The predicted octanol–water partition coefficient (Wildman–Crippen LogP) is 6.14. The molecule has 8 nitrogen and oxygen atoms in total. The number of likely N-dealkylation sites (tertiary alicyclic amines) is 2. The summed E-state index contributed by atoms with van der Waals surface area (Å²) in [6.45, 7) is 12.1. The standard InChI is InChI=1S/C41H59N5O3/c1-3-23-46(38-20-26-44(27-21-38)32-34-31-43-22-18-39(34)48-2)24-12-4-5-13-29-49-30-28-45-25-19-37(33-45)41(40(42)47,35-14-8-6-9-15-35)36-16-10-7-11-17-36/h6-11,14-18,22,31,37-38H,3-5,12-13,19-21,23-30,32-33H2,1-2H3,(H2,42,47)/t37-/m1/s1. The fraction of sp³-hybridized carbons (Fsp3) is 0.561. The monoisotopic (exact) mass is 669 g/mol. The minimum Gasteiger partial charge on any atom is -0.496 e. The molecule has 3 heterocycles. The number of nitrogens with two attached hydrogens (primary N) is 1. The zero-order valence-corrected chi connectivity index (χ0v) is 30.0. The van der Waals surface area contributed by atoms with E-state index in [1.165, 1.54) is 57.2 Å². The molecule has 49 heavy (non-hydrogen) atoms. The maximum absolute atomic E-state index is 13.3. The molecule has 0 saturated carbocycles. The lowest BCUT2D eigenvalue weighted by Gasteiger charge is -2.38. The molecule has 0 spiro atoms. The molecule has 2 aromatic carbocycles. The number of pyridine rings is 1. The minimum atomic E-state index is -0.836. The van der Waals surface area contributed by atoms with Gasteiger partial charge in [-0.3, -0.25) is 14.7 Å². The molecule has 1 atom stereocenters. The van der Waals surface area contributed by atoms with E-state index in [0.717, 1.165) is 82.2 Å². The molecule has 2 aliphatic rings. The van der Waals surface area contributed by atoms with Gasteiger partial charge in [-0.25, -0.2) is 0 Å². The fourth-order valence-electron chi connectivity index (χ4n) is 8.26. The average Bonchev–Trinajstić information content (AvgIpc) is 3.61. The second kappa shape index (κ2) is 19.2. The smallest absolute Gasteiger partial charge is 0.232 e. The van der Waals surface area contributed by atoms with Crippen LogP contribution in [0.3, 0.4) is 0 Å². The molecule has 2 saturated heterocycles. The lowest BCUT2D eigenvalue weighted by Crippen LogP contribution is -2.49. The fourth-order valence-corrected chi connectivity index (χ4v) is 8.26. The Morgan fingerprint density at radius 2 is 1.55 bits per heavy atom. The van der Waals surface area contributed by atoms with E-state index in [1.54, 1.807) is 13.3 Å². The number of amides is 1. The van der Waals surface area contributed by atoms with Gasteiger partial charge in [0.1, 0.15) is 11.2 Å². The molecule has 1 aromatic heterocycles. The summed E-state index contributed by atoms with van der Waals surface area (Å²) in [4.78, 5) is 25.4. The number of hydrogen-bond acceptors (Lipinski definition) is 7. The van der Waals surface area contributed by atoms with E-state index in [4.69, 9.17) is 15.2 Å². The summed E-state index contributed by atoms with van der Waals surface area (Å²) in [6.07, 6.45) is 13.2. The third-order valence-corrected chi connectivity index (χ3v) is 10.8. The highest BCUT2D eigenvalue weighted by Gasteiger charge is 2.49. The highest BCUT2D eigenvalue weighted by atomic mass is 16.5. The summed E-state index contributed by atoms with van der Waals surface area (Å²) in [7, 11) is 1.74. The van der Waals surface area contributed by atoms with E-state index >= 15 is 0 Å². The maximum Gasteiger partial charge on any atom is 0.232 e. The number of piperidine rings is 1. The molecule has 266 valence electrons. The Morgan fingerprint density at radius 1 is 0.878 bits per heavy atom. The van der Waals surface area contributed by atoms with E-state index in [2.05, 4.69) is 50.9 Å². The molecule has 0 radical (unpaired) electrons. The summed E-state index contributed by atoms with van der Waals surface area (Å²) >= 11 is 0. The SMILES string of the molecule is CCCN(CCCCCCOCCN1CC[C@@H](C(C(N)=O)(c2ccccc2)c2ccccc2)C1)C1CCN(Cc2cnccc2OC)CC1. The van der Waals surface area contributed by atoms with Crippen LogP contribution in [-0.4, -0.2) is 97.8 Å². The molecule has 2 aliphatic heterocycles. The van der Waals surface area contributed by atoms with Crippen LogP contribution in [0, 0.1) is 5.92 Å². The minimum absolute atomic E-state index is 0.116. The number of aromatic nitrogens is 1. The maximum atomic E-state index is 13.3. The molecule has 8 heteroatoms. The number of rotatable bonds is 20. The van der Waals surface area contributed by atoms with Crippen LogP contribution >= 0.6 is 0 Å². The van der Waals surface area contributed by atoms with Crippen LogP contribution in [0.15, 0.2) is 79.1 Å². The van der Waals surface area contributed by atoms with Crippen molar-refractivity contribution >= 4 is 5.91 Å². The van der Waals surface area contributed by atoms with Crippen LogP contribution in [0.2, 0.25) is 0 Å². The molecule has 2 fully saturated rings. The van der Waals surface area contributed by atoms with Gasteiger partial charge in [0.25, 0.3) is 0 Å². The average molecular weight is 670 g/mol.